The molecule has 0 saturated heterocycles. The van der Waals surface area contributed by atoms with Crippen LogP contribution in [0, 0.1) is 5.41 Å². The van der Waals surface area contributed by atoms with E-state index in [9.17, 15) is 0 Å². The van der Waals surface area contributed by atoms with Crippen LogP contribution in [-0.2, 0) is 4.74 Å². The number of hydrogen-bond acceptors (Lipinski definition) is 3. The molecule has 0 spiro atoms. The van der Waals surface area contributed by atoms with Gasteiger partial charge < -0.3 is 14.5 Å². The van der Waals surface area contributed by atoms with Gasteiger partial charge in [-0.2, -0.15) is 0 Å². The predicted molar refractivity (Wildman–Crippen MR) is 68.5 cm³/mol. The zero-order valence-corrected chi connectivity index (χ0v) is 12.1. The Hall–Kier alpha value is -0.320. The van der Waals surface area contributed by atoms with Crippen LogP contribution in [0.5, 0.6) is 0 Å². The molecule has 1 aromatic rings. The summed E-state index contributed by atoms with van der Waals surface area (Å²) in [5, 5.41) is 3.25. The highest BCUT2D eigenvalue weighted by atomic mass is 79.9. The molecule has 16 heavy (non-hydrogen) atoms. The number of halogens is 1. The first-order chi connectivity index (χ1) is 7.41. The first-order valence-corrected chi connectivity index (χ1v) is 6.14. The fraction of sp³-hybridized carbons (Fsp3) is 0.667. The zero-order valence-electron chi connectivity index (χ0n) is 10.5. The van der Waals surface area contributed by atoms with Crippen molar-refractivity contribution in [3.8, 4) is 0 Å². The monoisotopic (exact) mass is 289 g/mol. The summed E-state index contributed by atoms with van der Waals surface area (Å²) in [5.74, 6) is 0.879. The zero-order chi connectivity index (χ0) is 12.3. The van der Waals surface area contributed by atoms with E-state index in [0.717, 1.165) is 10.2 Å². The largest absolute Gasteiger partial charge is 0.466 e. The Morgan fingerprint density at radius 1 is 1.44 bits per heavy atom. The molecule has 1 heterocycles. The molecule has 1 N–H and O–H groups in total. The lowest BCUT2D eigenvalue weighted by Gasteiger charge is -2.35. The number of hydrogen-bond donors (Lipinski definition) is 1. The Bertz CT molecular complexity index is 330. The normalized spacial score (nSPS) is 16.1. The van der Waals surface area contributed by atoms with Crippen molar-refractivity contribution in [2.75, 3.05) is 14.2 Å². The van der Waals surface area contributed by atoms with E-state index in [-0.39, 0.29) is 17.6 Å². The summed E-state index contributed by atoms with van der Waals surface area (Å²) >= 11 is 3.48. The Morgan fingerprint density at radius 2 is 2.06 bits per heavy atom. The smallest absolute Gasteiger partial charge is 0.137 e. The van der Waals surface area contributed by atoms with Gasteiger partial charge in [-0.3, -0.25) is 0 Å². The molecule has 1 rings (SSSR count). The second kappa shape index (κ2) is 5.34. The molecule has 0 fully saturated rings. The van der Waals surface area contributed by atoms with Crippen LogP contribution >= 0.6 is 15.9 Å². The van der Waals surface area contributed by atoms with Gasteiger partial charge >= 0.3 is 0 Å². The summed E-state index contributed by atoms with van der Waals surface area (Å²) in [6.07, 6.45) is 1.72. The molecular formula is C12H20BrNO2. The van der Waals surface area contributed by atoms with Gasteiger partial charge in [-0.05, 0) is 34.5 Å². The molecule has 1 aromatic heterocycles. The van der Waals surface area contributed by atoms with Crippen LogP contribution in [0.1, 0.15) is 32.6 Å². The number of ether oxygens (including phenoxy) is 1. The van der Waals surface area contributed by atoms with Crippen LogP contribution in [0.3, 0.4) is 0 Å². The van der Waals surface area contributed by atoms with Crippen molar-refractivity contribution in [3.63, 3.8) is 0 Å². The van der Waals surface area contributed by atoms with E-state index in [1.54, 1.807) is 13.4 Å². The van der Waals surface area contributed by atoms with Crippen molar-refractivity contribution in [2.24, 2.45) is 5.41 Å². The highest BCUT2D eigenvalue weighted by molar-refractivity contribution is 9.10. The SMILES string of the molecule is CNC(c1occc1Br)C(OC)C(C)(C)C. The van der Waals surface area contributed by atoms with E-state index >= 15 is 0 Å². The van der Waals surface area contributed by atoms with Crippen LogP contribution in [0.15, 0.2) is 21.2 Å². The Balaban J connectivity index is 3.02. The Morgan fingerprint density at radius 3 is 2.38 bits per heavy atom. The third kappa shape index (κ3) is 2.87. The number of nitrogens with one attached hydrogen (secondary N) is 1. The molecule has 0 amide bonds. The number of furan rings is 1. The minimum Gasteiger partial charge on any atom is -0.466 e. The van der Waals surface area contributed by atoms with Crippen molar-refractivity contribution in [1.82, 2.24) is 5.32 Å². The van der Waals surface area contributed by atoms with E-state index in [2.05, 4.69) is 42.0 Å². The maximum absolute atomic E-state index is 5.60. The molecule has 2 unspecified atom stereocenters. The van der Waals surface area contributed by atoms with Gasteiger partial charge in [-0.25, -0.2) is 0 Å². The average molecular weight is 290 g/mol. The summed E-state index contributed by atoms with van der Waals surface area (Å²) in [5.41, 5.74) is 0.0364. The molecule has 0 bridgehead atoms. The van der Waals surface area contributed by atoms with Crippen molar-refractivity contribution < 1.29 is 9.15 Å². The molecule has 0 aliphatic rings. The Kier molecular flexibility index (Phi) is 4.59. The fourth-order valence-electron chi connectivity index (χ4n) is 1.94. The standard InChI is InChI=1S/C12H20BrNO2/c1-12(2,3)11(15-5)9(14-4)10-8(13)6-7-16-10/h6-7,9,11,14H,1-5H3. The van der Waals surface area contributed by atoms with Gasteiger partial charge in [0, 0.05) is 7.11 Å². The summed E-state index contributed by atoms with van der Waals surface area (Å²) in [6.45, 7) is 6.47. The second-order valence-electron chi connectivity index (χ2n) is 4.92. The first-order valence-electron chi connectivity index (χ1n) is 5.34. The van der Waals surface area contributed by atoms with E-state index in [0.29, 0.717) is 0 Å². The molecule has 4 heteroatoms. The third-order valence-corrected chi connectivity index (χ3v) is 3.30. The van der Waals surface area contributed by atoms with Gasteiger partial charge in [0.1, 0.15) is 5.76 Å². The van der Waals surface area contributed by atoms with Gasteiger partial charge in [0.2, 0.25) is 0 Å². The minimum absolute atomic E-state index is 0.0364. The van der Waals surface area contributed by atoms with E-state index in [1.165, 1.54) is 0 Å². The molecule has 92 valence electrons. The Labute approximate surface area is 106 Å². The maximum Gasteiger partial charge on any atom is 0.137 e. The van der Waals surface area contributed by atoms with Gasteiger partial charge in [0.25, 0.3) is 0 Å². The molecule has 0 aliphatic carbocycles. The second-order valence-corrected chi connectivity index (χ2v) is 5.78. The molecule has 0 aliphatic heterocycles. The fourth-order valence-corrected chi connectivity index (χ4v) is 2.38. The number of likely N-dealkylation sites (N-methyl/N-ethyl adjacent to an activating group) is 1. The summed E-state index contributed by atoms with van der Waals surface area (Å²) in [7, 11) is 3.65. The van der Waals surface area contributed by atoms with Gasteiger partial charge in [0.15, 0.2) is 0 Å². The lowest BCUT2D eigenvalue weighted by Crippen LogP contribution is -2.40. The van der Waals surface area contributed by atoms with Gasteiger partial charge in [-0.15, -0.1) is 0 Å². The number of methoxy groups -OCH3 is 1. The number of rotatable bonds is 4. The quantitative estimate of drug-likeness (QED) is 0.923. The van der Waals surface area contributed by atoms with Crippen LogP contribution in [-0.4, -0.2) is 20.3 Å². The molecule has 0 radical (unpaired) electrons. The summed E-state index contributed by atoms with van der Waals surface area (Å²) in [4.78, 5) is 0. The van der Waals surface area contributed by atoms with Crippen molar-refractivity contribution in [1.29, 1.82) is 0 Å². The van der Waals surface area contributed by atoms with Crippen molar-refractivity contribution >= 4 is 15.9 Å². The highest BCUT2D eigenvalue weighted by Gasteiger charge is 2.35. The predicted octanol–water partition coefficient (Wildman–Crippen LogP) is 3.36. The van der Waals surface area contributed by atoms with Crippen molar-refractivity contribution in [2.45, 2.75) is 32.9 Å². The first kappa shape index (κ1) is 13.7. The molecule has 2 atom stereocenters. The van der Waals surface area contributed by atoms with E-state index < -0.39 is 0 Å². The minimum atomic E-state index is 0.0364. The summed E-state index contributed by atoms with van der Waals surface area (Å²) < 4.78 is 12.1. The molecular weight excluding hydrogens is 270 g/mol. The average Bonchev–Trinajstić information content (AvgIpc) is 2.58. The lowest BCUT2D eigenvalue weighted by molar-refractivity contribution is -0.0153. The molecule has 3 nitrogen and oxygen atoms in total. The summed E-state index contributed by atoms with van der Waals surface area (Å²) in [6, 6.07) is 1.93. The van der Waals surface area contributed by atoms with E-state index in [1.807, 2.05) is 13.1 Å². The van der Waals surface area contributed by atoms with Crippen molar-refractivity contribution in [3.05, 3.63) is 22.6 Å². The highest BCUT2D eigenvalue weighted by Crippen LogP contribution is 2.35. The third-order valence-electron chi connectivity index (χ3n) is 2.65. The molecule has 0 aromatic carbocycles. The van der Waals surface area contributed by atoms with E-state index in [4.69, 9.17) is 9.15 Å². The van der Waals surface area contributed by atoms with Gasteiger partial charge in [-0.1, -0.05) is 20.8 Å². The van der Waals surface area contributed by atoms with Crippen LogP contribution in [0.4, 0.5) is 0 Å². The van der Waals surface area contributed by atoms with Crippen LogP contribution in [0.25, 0.3) is 0 Å². The van der Waals surface area contributed by atoms with Crippen LogP contribution < -0.4 is 5.32 Å². The lowest BCUT2D eigenvalue weighted by atomic mass is 9.83. The molecule has 0 saturated carbocycles. The van der Waals surface area contributed by atoms with Crippen LogP contribution in [0.2, 0.25) is 0 Å². The van der Waals surface area contributed by atoms with Gasteiger partial charge in [0.05, 0.1) is 22.9 Å². The maximum atomic E-state index is 5.60. The topological polar surface area (TPSA) is 34.4 Å².